The van der Waals surface area contributed by atoms with Crippen LogP contribution >= 0.6 is 0 Å². The molecule has 56 heavy (non-hydrogen) atoms. The Morgan fingerprint density at radius 1 is 0.911 bits per heavy atom. The smallest absolute Gasteiger partial charge is 0.264 e. The number of hydroxylamine groups is 1. The van der Waals surface area contributed by atoms with E-state index in [0.29, 0.717) is 42.9 Å². The van der Waals surface area contributed by atoms with Crippen molar-refractivity contribution in [1.29, 1.82) is 0 Å². The van der Waals surface area contributed by atoms with E-state index in [2.05, 4.69) is 22.9 Å². The van der Waals surface area contributed by atoms with Crippen LogP contribution in [0.5, 0.6) is 0 Å². The molecule has 2 unspecified atom stereocenters. The maximum Gasteiger partial charge on any atom is 0.264 e. The number of piperidine rings is 1. The molecule has 0 aromatic heterocycles. The van der Waals surface area contributed by atoms with Crippen molar-refractivity contribution < 1.29 is 48.2 Å². The first kappa shape index (κ1) is 43.5. The Morgan fingerprint density at radius 2 is 1.64 bits per heavy atom. The molecule has 4 rings (SSSR count). The van der Waals surface area contributed by atoms with Crippen molar-refractivity contribution >= 4 is 58.4 Å². The molecule has 7 amide bonds. The molecule has 5 N–H and O–H groups in total. The number of imide groups is 2. The van der Waals surface area contributed by atoms with Gasteiger partial charge in [-0.1, -0.05) is 45.1 Å². The molecule has 304 valence electrons. The van der Waals surface area contributed by atoms with Crippen LogP contribution in [0.4, 0.5) is 17.1 Å². The van der Waals surface area contributed by atoms with Gasteiger partial charge in [-0.15, -0.1) is 0 Å². The number of rotatable bonds is 24. The van der Waals surface area contributed by atoms with Crippen molar-refractivity contribution in [2.24, 2.45) is 0 Å². The highest BCUT2D eigenvalue weighted by molar-refractivity contribution is 6.25. The average molecular weight is 779 g/mol. The number of carbonyl (C=O) groups excluding carboxylic acids is 7. The van der Waals surface area contributed by atoms with Crippen molar-refractivity contribution in [3.05, 3.63) is 53.6 Å². The summed E-state index contributed by atoms with van der Waals surface area (Å²) in [5.74, 6) is -2.89. The molecule has 2 aromatic rings. The van der Waals surface area contributed by atoms with Crippen LogP contribution in [0, 0.1) is 0 Å². The highest BCUT2D eigenvalue weighted by Crippen LogP contribution is 2.32. The monoisotopic (exact) mass is 778 g/mol. The first-order valence-corrected chi connectivity index (χ1v) is 19.4. The Balaban J connectivity index is 1.17. The zero-order valence-corrected chi connectivity index (χ0v) is 32.2. The number of benzene rings is 2. The van der Waals surface area contributed by atoms with Gasteiger partial charge in [-0.05, 0) is 62.1 Å². The molecule has 0 saturated carbocycles. The van der Waals surface area contributed by atoms with Gasteiger partial charge in [0.15, 0.2) is 0 Å². The van der Waals surface area contributed by atoms with Gasteiger partial charge in [0, 0.05) is 49.9 Å². The second kappa shape index (κ2) is 22.4. The Labute approximate surface area is 327 Å². The number of carbonyl (C=O) groups is 7. The number of anilines is 3. The topological polar surface area (TPSA) is 213 Å². The molecule has 0 radical (unpaired) electrons. The quantitative estimate of drug-likeness (QED) is 0.0438. The highest BCUT2D eigenvalue weighted by atomic mass is 16.5. The minimum Gasteiger partial charge on any atom is -0.382 e. The van der Waals surface area contributed by atoms with Gasteiger partial charge >= 0.3 is 0 Å². The molecule has 2 aliphatic rings. The maximum absolute atomic E-state index is 13.3. The molecule has 0 bridgehead atoms. The number of hydrogen-bond donors (Lipinski definition) is 5. The lowest BCUT2D eigenvalue weighted by Crippen LogP contribution is -2.54. The largest absolute Gasteiger partial charge is 0.382 e. The van der Waals surface area contributed by atoms with E-state index in [4.69, 9.17) is 14.7 Å². The Kier molecular flexibility index (Phi) is 17.4. The van der Waals surface area contributed by atoms with Crippen molar-refractivity contribution in [2.45, 2.75) is 103 Å². The summed E-state index contributed by atoms with van der Waals surface area (Å²) in [5, 5.41) is 16.7. The van der Waals surface area contributed by atoms with Crippen LogP contribution in [-0.2, 0) is 33.4 Å². The molecule has 1 saturated heterocycles. The molecule has 16 nitrogen and oxygen atoms in total. The SMILES string of the molecule is CCCCCC(CC(=O)N(C)c1ccc(NC(=O)CCCCCCC(=O)NO)cc1)OCCOCCNc1cccc2c1C(=O)N(C1CCC(=O)NC1=O)C2=O. The van der Waals surface area contributed by atoms with Gasteiger partial charge in [-0.2, -0.15) is 0 Å². The van der Waals surface area contributed by atoms with Gasteiger partial charge in [0.05, 0.1) is 43.5 Å². The van der Waals surface area contributed by atoms with Crippen LogP contribution in [0.25, 0.3) is 0 Å². The third kappa shape index (κ3) is 12.7. The first-order valence-electron chi connectivity index (χ1n) is 19.4. The number of amides is 7. The number of nitrogens with zero attached hydrogens (tertiary/aromatic N) is 2. The van der Waals surface area contributed by atoms with Crippen molar-refractivity contribution in [3.63, 3.8) is 0 Å². The van der Waals surface area contributed by atoms with E-state index < -0.39 is 35.6 Å². The van der Waals surface area contributed by atoms with Crippen LogP contribution in [0.1, 0.15) is 111 Å². The minimum atomic E-state index is -1.04. The van der Waals surface area contributed by atoms with Gasteiger partial charge in [0.2, 0.25) is 29.5 Å². The van der Waals surface area contributed by atoms with Crippen LogP contribution in [0.2, 0.25) is 0 Å². The van der Waals surface area contributed by atoms with Crippen molar-refractivity contribution in [3.8, 4) is 0 Å². The Morgan fingerprint density at radius 3 is 2.34 bits per heavy atom. The summed E-state index contributed by atoms with van der Waals surface area (Å²) in [4.78, 5) is 89.6. The van der Waals surface area contributed by atoms with Gasteiger partial charge in [-0.25, -0.2) is 5.48 Å². The number of unbranched alkanes of at least 4 members (excludes halogenated alkanes) is 5. The molecule has 0 aliphatic carbocycles. The average Bonchev–Trinajstić information content (AvgIpc) is 3.44. The number of fused-ring (bicyclic) bond motifs is 1. The van der Waals surface area contributed by atoms with Crippen LogP contribution in [-0.4, -0.2) is 97.0 Å². The predicted octanol–water partition coefficient (Wildman–Crippen LogP) is 4.32. The van der Waals surface area contributed by atoms with Crippen LogP contribution in [0.3, 0.4) is 0 Å². The minimum absolute atomic E-state index is 0.0450. The maximum atomic E-state index is 13.3. The lowest BCUT2D eigenvalue weighted by atomic mass is 10.0. The van der Waals surface area contributed by atoms with E-state index in [1.807, 2.05) is 0 Å². The summed E-state index contributed by atoms with van der Waals surface area (Å²) in [6.45, 7) is 3.27. The zero-order chi connectivity index (χ0) is 40.5. The highest BCUT2D eigenvalue weighted by Gasteiger charge is 2.45. The molecule has 0 spiro atoms. The van der Waals surface area contributed by atoms with Gasteiger partial charge < -0.3 is 25.0 Å². The van der Waals surface area contributed by atoms with Crippen molar-refractivity contribution in [1.82, 2.24) is 15.7 Å². The summed E-state index contributed by atoms with van der Waals surface area (Å²) in [6, 6.07) is 10.9. The van der Waals surface area contributed by atoms with E-state index in [0.717, 1.165) is 43.4 Å². The Hall–Kier alpha value is -5.19. The predicted molar refractivity (Wildman–Crippen MR) is 207 cm³/mol. The van der Waals surface area contributed by atoms with E-state index >= 15 is 0 Å². The standard InChI is InChI=1S/C40H54N6O10/c1-3-4-7-11-29(26-36(50)45(2)28-18-16-27(17-19-28)42-33(47)14-8-5-6-9-15-35(49)44-54)56-25-24-55-23-22-41-31-13-10-12-30-37(31)40(53)46(39(30)52)32-20-21-34(48)43-38(32)51/h10,12-13,16-19,29,32,41,54H,3-9,11,14-15,20-26H2,1-2H3,(H,42,47)(H,44,49)(H,43,48,51). The van der Waals surface area contributed by atoms with Crippen molar-refractivity contribution in [2.75, 3.05) is 48.9 Å². The van der Waals surface area contributed by atoms with E-state index in [9.17, 15) is 33.6 Å². The van der Waals surface area contributed by atoms with E-state index in [1.54, 1.807) is 53.8 Å². The number of nitrogens with one attached hydrogen (secondary N) is 4. The van der Waals surface area contributed by atoms with E-state index in [1.165, 1.54) is 6.07 Å². The molecule has 2 aliphatic heterocycles. The summed E-state index contributed by atoms with van der Waals surface area (Å²) in [6.07, 6.45) is 7.23. The molecular weight excluding hydrogens is 724 g/mol. The molecule has 1 fully saturated rings. The second-order valence-electron chi connectivity index (χ2n) is 13.9. The summed E-state index contributed by atoms with van der Waals surface area (Å²) in [5.41, 5.74) is 3.74. The fourth-order valence-corrected chi connectivity index (χ4v) is 6.61. The van der Waals surface area contributed by atoms with Gasteiger partial charge in [-0.3, -0.25) is 49.0 Å². The molecule has 16 heteroatoms. The summed E-state index contributed by atoms with van der Waals surface area (Å²) < 4.78 is 11.9. The number of ether oxygens (including phenoxy) is 2. The second-order valence-corrected chi connectivity index (χ2v) is 13.9. The Bertz CT molecular complexity index is 1700. The van der Waals surface area contributed by atoms with E-state index in [-0.39, 0.29) is 74.5 Å². The fourth-order valence-electron chi connectivity index (χ4n) is 6.61. The molecular formula is C40H54N6O10. The van der Waals surface area contributed by atoms with Crippen LogP contribution < -0.4 is 26.3 Å². The molecule has 2 atom stereocenters. The van der Waals surface area contributed by atoms with Crippen LogP contribution in [0.15, 0.2) is 42.5 Å². The molecule has 2 aromatic carbocycles. The third-order valence-electron chi connectivity index (χ3n) is 9.74. The normalized spacial score (nSPS) is 15.6. The lowest BCUT2D eigenvalue weighted by Gasteiger charge is -2.27. The fraction of sp³-hybridized carbons (Fsp3) is 0.525. The third-order valence-corrected chi connectivity index (χ3v) is 9.74. The zero-order valence-electron chi connectivity index (χ0n) is 32.2. The lowest BCUT2D eigenvalue weighted by molar-refractivity contribution is -0.136. The van der Waals surface area contributed by atoms with Gasteiger partial charge in [0.1, 0.15) is 6.04 Å². The summed E-state index contributed by atoms with van der Waals surface area (Å²) >= 11 is 0. The van der Waals surface area contributed by atoms with Gasteiger partial charge in [0.25, 0.3) is 11.8 Å². The molecule has 2 heterocycles. The number of hydrogen-bond acceptors (Lipinski definition) is 11. The first-order chi connectivity index (χ1) is 27.0. The summed E-state index contributed by atoms with van der Waals surface area (Å²) in [7, 11) is 1.71.